The van der Waals surface area contributed by atoms with Gasteiger partial charge >= 0.3 is 6.03 Å². The molecule has 2 fully saturated rings. The number of hydrogen-bond donors (Lipinski definition) is 1. The second kappa shape index (κ2) is 10.0. The monoisotopic (exact) mass is 428 g/mol. The molecule has 2 saturated heterocycles. The van der Waals surface area contributed by atoms with Gasteiger partial charge in [0.1, 0.15) is 0 Å². The van der Waals surface area contributed by atoms with E-state index in [1.54, 1.807) is 19.0 Å². The van der Waals surface area contributed by atoms with Crippen LogP contribution in [-0.4, -0.2) is 79.5 Å². The van der Waals surface area contributed by atoms with Crippen LogP contribution in [0.5, 0.6) is 0 Å². The third-order valence-electron chi connectivity index (χ3n) is 7.04. The lowest BCUT2D eigenvalue weighted by molar-refractivity contribution is -0.0234. The Morgan fingerprint density at radius 3 is 2.32 bits per heavy atom. The molecule has 2 aliphatic rings. The standard InChI is InChI=1S/C25H40N4O2/c1-19(2)18-28-15-12-25(13-16-28)11-6-14-29(22(25)17-26-24(31)27(4)5)23(30)21-9-7-20(3)8-10-21/h7-10,19,22H,6,11-18H2,1-5H3,(H,26,31). The number of benzene rings is 1. The lowest BCUT2D eigenvalue weighted by atomic mass is 9.66. The van der Waals surface area contributed by atoms with Crippen LogP contribution in [-0.2, 0) is 0 Å². The van der Waals surface area contributed by atoms with Crippen LogP contribution < -0.4 is 5.32 Å². The van der Waals surface area contributed by atoms with E-state index in [4.69, 9.17) is 0 Å². The molecular formula is C25H40N4O2. The van der Waals surface area contributed by atoms with Gasteiger partial charge in [-0.25, -0.2) is 4.79 Å². The maximum Gasteiger partial charge on any atom is 0.316 e. The summed E-state index contributed by atoms with van der Waals surface area (Å²) in [6, 6.07) is 7.79. The molecule has 2 aliphatic heterocycles. The summed E-state index contributed by atoms with van der Waals surface area (Å²) in [6.45, 7) is 11.1. The first kappa shape index (κ1) is 23.6. The summed E-state index contributed by atoms with van der Waals surface area (Å²) in [5, 5.41) is 3.09. The number of rotatable bonds is 5. The van der Waals surface area contributed by atoms with Crippen LogP contribution in [0.25, 0.3) is 0 Å². The molecule has 2 heterocycles. The molecule has 1 atom stereocenters. The van der Waals surface area contributed by atoms with Gasteiger partial charge in [-0.05, 0) is 69.2 Å². The third-order valence-corrected chi connectivity index (χ3v) is 7.04. The van der Waals surface area contributed by atoms with Crippen LogP contribution in [0.2, 0.25) is 0 Å². The van der Waals surface area contributed by atoms with Crippen molar-refractivity contribution in [2.75, 3.05) is 46.8 Å². The highest BCUT2D eigenvalue weighted by atomic mass is 16.2. The summed E-state index contributed by atoms with van der Waals surface area (Å²) in [5.41, 5.74) is 1.97. The summed E-state index contributed by atoms with van der Waals surface area (Å²) in [5.74, 6) is 0.753. The number of amides is 3. The van der Waals surface area contributed by atoms with Gasteiger partial charge in [-0.2, -0.15) is 0 Å². The van der Waals surface area contributed by atoms with Crippen molar-refractivity contribution in [3.8, 4) is 0 Å². The Hall–Kier alpha value is -2.08. The number of hydrogen-bond acceptors (Lipinski definition) is 3. The summed E-state index contributed by atoms with van der Waals surface area (Å²) < 4.78 is 0. The summed E-state index contributed by atoms with van der Waals surface area (Å²) in [4.78, 5) is 32.0. The van der Waals surface area contributed by atoms with Crippen LogP contribution in [0.15, 0.2) is 24.3 Å². The van der Waals surface area contributed by atoms with Crippen molar-refractivity contribution in [2.45, 2.75) is 52.5 Å². The second-order valence-corrected chi connectivity index (χ2v) is 10.1. The molecule has 1 spiro atoms. The van der Waals surface area contributed by atoms with Crippen molar-refractivity contribution in [3.63, 3.8) is 0 Å². The molecule has 0 bridgehead atoms. The first-order valence-corrected chi connectivity index (χ1v) is 11.8. The Bertz CT molecular complexity index is 751. The molecule has 0 aliphatic carbocycles. The van der Waals surface area contributed by atoms with Crippen molar-refractivity contribution in [1.82, 2.24) is 20.0 Å². The Balaban J connectivity index is 1.82. The second-order valence-electron chi connectivity index (χ2n) is 10.1. The van der Waals surface area contributed by atoms with Crippen LogP contribution >= 0.6 is 0 Å². The largest absolute Gasteiger partial charge is 0.336 e. The molecule has 0 aromatic heterocycles. The van der Waals surface area contributed by atoms with Crippen molar-refractivity contribution in [1.29, 1.82) is 0 Å². The fourth-order valence-corrected chi connectivity index (χ4v) is 5.31. The van der Waals surface area contributed by atoms with Gasteiger partial charge < -0.3 is 20.0 Å². The highest BCUT2D eigenvalue weighted by molar-refractivity contribution is 5.94. The number of nitrogens with zero attached hydrogens (tertiary/aromatic N) is 3. The molecule has 6 nitrogen and oxygen atoms in total. The molecule has 3 rings (SSSR count). The van der Waals surface area contributed by atoms with Gasteiger partial charge in [0.15, 0.2) is 0 Å². The van der Waals surface area contributed by atoms with Crippen molar-refractivity contribution in [3.05, 3.63) is 35.4 Å². The lowest BCUT2D eigenvalue weighted by Gasteiger charge is -2.53. The van der Waals surface area contributed by atoms with Gasteiger partial charge in [-0.3, -0.25) is 4.79 Å². The van der Waals surface area contributed by atoms with E-state index in [0.29, 0.717) is 12.5 Å². The summed E-state index contributed by atoms with van der Waals surface area (Å²) >= 11 is 0. The third kappa shape index (κ3) is 5.59. The van der Waals surface area contributed by atoms with E-state index in [2.05, 4.69) is 29.0 Å². The van der Waals surface area contributed by atoms with E-state index in [-0.39, 0.29) is 23.4 Å². The van der Waals surface area contributed by atoms with Gasteiger partial charge in [0, 0.05) is 39.3 Å². The molecule has 172 valence electrons. The quantitative estimate of drug-likeness (QED) is 0.779. The number of carbonyl (C=O) groups is 2. The zero-order valence-corrected chi connectivity index (χ0v) is 20.0. The molecule has 1 aromatic rings. The first-order valence-electron chi connectivity index (χ1n) is 11.8. The number of nitrogens with one attached hydrogen (secondary N) is 1. The molecule has 31 heavy (non-hydrogen) atoms. The molecule has 0 radical (unpaired) electrons. The number of piperidine rings is 2. The maximum atomic E-state index is 13.5. The molecule has 3 amide bonds. The zero-order chi connectivity index (χ0) is 22.6. The highest BCUT2D eigenvalue weighted by Crippen LogP contribution is 2.45. The van der Waals surface area contributed by atoms with Gasteiger partial charge in [0.05, 0.1) is 6.04 Å². The molecule has 1 aromatic carbocycles. The van der Waals surface area contributed by atoms with E-state index in [0.717, 1.165) is 63.0 Å². The fourth-order valence-electron chi connectivity index (χ4n) is 5.31. The summed E-state index contributed by atoms with van der Waals surface area (Å²) in [7, 11) is 3.51. The highest BCUT2D eigenvalue weighted by Gasteiger charge is 2.47. The van der Waals surface area contributed by atoms with E-state index in [9.17, 15) is 9.59 Å². The number of urea groups is 1. The minimum Gasteiger partial charge on any atom is -0.336 e. The van der Waals surface area contributed by atoms with Crippen LogP contribution in [0.3, 0.4) is 0 Å². The fraction of sp³-hybridized carbons (Fsp3) is 0.680. The topological polar surface area (TPSA) is 55.9 Å². The van der Waals surface area contributed by atoms with Crippen LogP contribution in [0.1, 0.15) is 55.5 Å². The molecular weight excluding hydrogens is 388 g/mol. The van der Waals surface area contributed by atoms with Gasteiger partial charge in [0.2, 0.25) is 0 Å². The van der Waals surface area contributed by atoms with Crippen molar-refractivity contribution in [2.24, 2.45) is 11.3 Å². The Labute approximate surface area is 188 Å². The smallest absolute Gasteiger partial charge is 0.316 e. The lowest BCUT2D eigenvalue weighted by Crippen LogP contribution is -2.62. The minimum atomic E-state index is -0.0966. The van der Waals surface area contributed by atoms with Gasteiger partial charge in [0.25, 0.3) is 5.91 Å². The van der Waals surface area contributed by atoms with E-state index < -0.39 is 0 Å². The summed E-state index contributed by atoms with van der Waals surface area (Å²) in [6.07, 6.45) is 4.32. The number of carbonyl (C=O) groups excluding carboxylic acids is 2. The van der Waals surface area contributed by atoms with Gasteiger partial charge in [-0.1, -0.05) is 31.5 Å². The number of aryl methyl sites for hydroxylation is 1. The Morgan fingerprint density at radius 1 is 1.10 bits per heavy atom. The minimum absolute atomic E-state index is 0.0279. The van der Waals surface area contributed by atoms with Crippen LogP contribution in [0.4, 0.5) is 4.79 Å². The molecule has 6 heteroatoms. The normalized spacial score (nSPS) is 21.4. The first-order chi connectivity index (χ1) is 14.7. The predicted octanol–water partition coefficient (Wildman–Crippen LogP) is 3.61. The molecule has 0 saturated carbocycles. The van der Waals surface area contributed by atoms with E-state index >= 15 is 0 Å². The zero-order valence-electron chi connectivity index (χ0n) is 20.0. The predicted molar refractivity (Wildman–Crippen MR) is 125 cm³/mol. The number of likely N-dealkylation sites (tertiary alicyclic amines) is 2. The SMILES string of the molecule is Cc1ccc(C(=O)N2CCCC3(CCN(CC(C)C)CC3)C2CNC(=O)N(C)C)cc1. The van der Waals surface area contributed by atoms with Crippen LogP contribution in [0, 0.1) is 18.3 Å². The Kier molecular flexibility index (Phi) is 7.63. The average molecular weight is 429 g/mol. The van der Waals surface area contributed by atoms with E-state index in [1.165, 1.54) is 0 Å². The maximum absolute atomic E-state index is 13.5. The Morgan fingerprint density at radius 2 is 1.74 bits per heavy atom. The van der Waals surface area contributed by atoms with E-state index in [1.807, 2.05) is 31.2 Å². The van der Waals surface area contributed by atoms with Crippen molar-refractivity contribution < 1.29 is 9.59 Å². The van der Waals surface area contributed by atoms with Crippen molar-refractivity contribution >= 4 is 11.9 Å². The van der Waals surface area contributed by atoms with Gasteiger partial charge in [-0.15, -0.1) is 0 Å². The molecule has 1 unspecified atom stereocenters. The molecule has 1 N–H and O–H groups in total. The average Bonchev–Trinajstić information content (AvgIpc) is 2.74.